The number of aryl methyl sites for hydroxylation is 2. The molecule has 0 saturated heterocycles. The van der Waals surface area contributed by atoms with Crippen molar-refractivity contribution in [1.82, 2.24) is 9.88 Å². The van der Waals surface area contributed by atoms with Gasteiger partial charge in [-0.1, -0.05) is 11.6 Å². The Morgan fingerprint density at radius 2 is 1.89 bits per heavy atom. The topological polar surface area (TPSA) is 36.1 Å². The third-order valence-corrected chi connectivity index (χ3v) is 3.48. The van der Waals surface area contributed by atoms with Gasteiger partial charge in [-0.2, -0.15) is 0 Å². The van der Waals surface area contributed by atoms with E-state index in [1.54, 1.807) is 0 Å². The third kappa shape index (κ3) is 2.01. The molecule has 3 nitrogen and oxygen atoms in total. The average molecular weight is 244 g/mol. The molecule has 0 spiro atoms. The smallest absolute Gasteiger partial charge is 0.270 e. The number of nitrogens with one attached hydrogen (secondary N) is 1. The predicted octanol–water partition coefficient (Wildman–Crippen LogP) is 3.27. The van der Waals surface area contributed by atoms with Crippen molar-refractivity contribution in [2.24, 2.45) is 0 Å². The molecule has 0 aliphatic heterocycles. The number of nitrogens with zero attached hydrogens (tertiary/aromatic N) is 1. The number of hydrogen-bond acceptors (Lipinski definition) is 1. The van der Waals surface area contributed by atoms with Crippen LogP contribution >= 0.6 is 0 Å². The zero-order chi connectivity index (χ0) is 13.3. The Morgan fingerprint density at radius 1 is 1.22 bits per heavy atom. The first kappa shape index (κ1) is 12.7. The van der Waals surface area contributed by atoms with Crippen molar-refractivity contribution in [3.8, 4) is 0 Å². The number of amides is 1. The highest BCUT2D eigenvalue weighted by Crippen LogP contribution is 2.23. The molecule has 1 aromatic heterocycles. The fraction of sp³-hybridized carbons (Fsp3) is 0.400. The molecule has 0 unspecified atom stereocenters. The van der Waals surface area contributed by atoms with Gasteiger partial charge < -0.3 is 9.88 Å². The maximum absolute atomic E-state index is 12.4. The van der Waals surface area contributed by atoms with Crippen LogP contribution in [0.4, 0.5) is 0 Å². The number of fused-ring (bicyclic) bond motifs is 1. The van der Waals surface area contributed by atoms with Gasteiger partial charge in [-0.05, 0) is 45.4 Å². The van der Waals surface area contributed by atoms with Crippen LogP contribution in [0.1, 0.15) is 35.5 Å². The van der Waals surface area contributed by atoms with Gasteiger partial charge >= 0.3 is 0 Å². The number of carbonyl (C=O) groups is 1. The second kappa shape index (κ2) is 4.84. The lowest BCUT2D eigenvalue weighted by molar-refractivity contribution is 0.0767. The van der Waals surface area contributed by atoms with Gasteiger partial charge in [-0.25, -0.2) is 0 Å². The largest absolute Gasteiger partial charge is 0.350 e. The Morgan fingerprint density at radius 3 is 2.50 bits per heavy atom. The summed E-state index contributed by atoms with van der Waals surface area (Å²) in [4.78, 5) is 17.5. The van der Waals surface area contributed by atoms with E-state index in [0.29, 0.717) is 0 Å². The van der Waals surface area contributed by atoms with Gasteiger partial charge in [0.1, 0.15) is 5.69 Å². The number of H-pyrrole nitrogens is 1. The minimum atomic E-state index is 0.0892. The van der Waals surface area contributed by atoms with Crippen molar-refractivity contribution in [2.75, 3.05) is 13.1 Å². The number of aromatic nitrogens is 1. The molecular formula is C15H20N2O. The Bertz CT molecular complexity index is 579. The SMILES string of the molecule is CCN(CC)C(=O)c1[nH]c2ccc(C)cc2c1C. The maximum atomic E-state index is 12.4. The van der Waals surface area contributed by atoms with Crippen LogP contribution in [0.3, 0.4) is 0 Å². The molecular weight excluding hydrogens is 224 g/mol. The van der Waals surface area contributed by atoms with E-state index >= 15 is 0 Å². The number of hydrogen-bond donors (Lipinski definition) is 1. The van der Waals surface area contributed by atoms with E-state index in [1.807, 2.05) is 31.7 Å². The summed E-state index contributed by atoms with van der Waals surface area (Å²) in [6.07, 6.45) is 0. The van der Waals surface area contributed by atoms with Gasteiger partial charge in [-0.3, -0.25) is 4.79 Å². The highest BCUT2D eigenvalue weighted by molar-refractivity contribution is 6.01. The van der Waals surface area contributed by atoms with E-state index < -0.39 is 0 Å². The molecule has 0 fully saturated rings. The highest BCUT2D eigenvalue weighted by atomic mass is 16.2. The molecule has 0 radical (unpaired) electrons. The summed E-state index contributed by atoms with van der Waals surface area (Å²) in [5.41, 5.74) is 4.02. The molecule has 1 heterocycles. The molecule has 0 aliphatic rings. The van der Waals surface area contributed by atoms with Crippen molar-refractivity contribution in [3.05, 3.63) is 35.0 Å². The highest BCUT2D eigenvalue weighted by Gasteiger charge is 2.18. The first-order valence-corrected chi connectivity index (χ1v) is 6.46. The fourth-order valence-corrected chi connectivity index (χ4v) is 2.32. The van der Waals surface area contributed by atoms with Gasteiger partial charge in [0.15, 0.2) is 0 Å². The molecule has 96 valence electrons. The summed E-state index contributed by atoms with van der Waals surface area (Å²) in [7, 11) is 0. The normalized spacial score (nSPS) is 10.9. The summed E-state index contributed by atoms with van der Waals surface area (Å²) in [5.74, 6) is 0.0892. The zero-order valence-electron chi connectivity index (χ0n) is 11.5. The van der Waals surface area contributed by atoms with Crippen LogP contribution < -0.4 is 0 Å². The molecule has 3 heteroatoms. The first-order valence-electron chi connectivity index (χ1n) is 6.46. The molecule has 0 saturated carbocycles. The van der Waals surface area contributed by atoms with Gasteiger partial charge in [-0.15, -0.1) is 0 Å². The number of carbonyl (C=O) groups excluding carboxylic acids is 1. The van der Waals surface area contributed by atoms with E-state index in [4.69, 9.17) is 0 Å². The van der Waals surface area contributed by atoms with Crippen LogP contribution in [-0.4, -0.2) is 28.9 Å². The molecule has 18 heavy (non-hydrogen) atoms. The van der Waals surface area contributed by atoms with Crippen molar-refractivity contribution < 1.29 is 4.79 Å². The molecule has 0 bridgehead atoms. The van der Waals surface area contributed by atoms with Gasteiger partial charge in [0.2, 0.25) is 0 Å². The lowest BCUT2D eigenvalue weighted by Crippen LogP contribution is -2.31. The molecule has 0 atom stereocenters. The van der Waals surface area contributed by atoms with Crippen LogP contribution in [-0.2, 0) is 0 Å². The quantitative estimate of drug-likeness (QED) is 0.883. The predicted molar refractivity (Wildman–Crippen MR) is 75.0 cm³/mol. The van der Waals surface area contributed by atoms with Crippen molar-refractivity contribution in [3.63, 3.8) is 0 Å². The fourth-order valence-electron chi connectivity index (χ4n) is 2.32. The van der Waals surface area contributed by atoms with E-state index in [0.717, 1.165) is 35.2 Å². The standard InChI is InChI=1S/C15H20N2O/c1-5-17(6-2)15(18)14-11(4)12-9-10(3)7-8-13(12)16-14/h7-9,16H,5-6H2,1-4H3. The summed E-state index contributed by atoms with van der Waals surface area (Å²) in [5, 5.41) is 1.14. The summed E-state index contributed by atoms with van der Waals surface area (Å²) >= 11 is 0. The van der Waals surface area contributed by atoms with Crippen molar-refractivity contribution in [1.29, 1.82) is 0 Å². The maximum Gasteiger partial charge on any atom is 0.270 e. The Balaban J connectivity index is 2.52. The van der Waals surface area contributed by atoms with E-state index in [-0.39, 0.29) is 5.91 Å². The van der Waals surface area contributed by atoms with Crippen LogP contribution in [0.25, 0.3) is 10.9 Å². The lowest BCUT2D eigenvalue weighted by Gasteiger charge is -2.18. The number of aromatic amines is 1. The molecule has 2 rings (SSSR count). The zero-order valence-corrected chi connectivity index (χ0v) is 11.5. The van der Waals surface area contributed by atoms with Crippen molar-refractivity contribution >= 4 is 16.8 Å². The second-order valence-corrected chi connectivity index (χ2v) is 4.65. The summed E-state index contributed by atoms with van der Waals surface area (Å²) < 4.78 is 0. The summed E-state index contributed by atoms with van der Waals surface area (Å²) in [6, 6.07) is 6.22. The van der Waals surface area contributed by atoms with E-state index in [2.05, 4.69) is 24.0 Å². The second-order valence-electron chi connectivity index (χ2n) is 4.65. The lowest BCUT2D eigenvalue weighted by atomic mass is 10.1. The van der Waals surface area contributed by atoms with Crippen LogP contribution in [0.5, 0.6) is 0 Å². The molecule has 1 amide bonds. The van der Waals surface area contributed by atoms with E-state index in [1.165, 1.54) is 5.56 Å². The minimum absolute atomic E-state index is 0.0892. The van der Waals surface area contributed by atoms with Gasteiger partial charge in [0, 0.05) is 24.0 Å². The molecule has 1 N–H and O–H groups in total. The molecule has 2 aromatic rings. The molecule has 1 aromatic carbocycles. The third-order valence-electron chi connectivity index (χ3n) is 3.48. The Kier molecular flexibility index (Phi) is 3.41. The van der Waals surface area contributed by atoms with Crippen molar-refractivity contribution in [2.45, 2.75) is 27.7 Å². The number of benzene rings is 1. The van der Waals surface area contributed by atoms with Crippen LogP contribution in [0.2, 0.25) is 0 Å². The van der Waals surface area contributed by atoms with E-state index in [9.17, 15) is 4.79 Å². The number of rotatable bonds is 3. The van der Waals surface area contributed by atoms with Gasteiger partial charge in [0.25, 0.3) is 5.91 Å². The average Bonchev–Trinajstić information content (AvgIpc) is 2.68. The minimum Gasteiger partial charge on any atom is -0.350 e. The van der Waals surface area contributed by atoms with Gasteiger partial charge in [0.05, 0.1) is 0 Å². The van der Waals surface area contributed by atoms with Crippen LogP contribution in [0.15, 0.2) is 18.2 Å². The Labute approximate surface area is 108 Å². The summed E-state index contributed by atoms with van der Waals surface area (Å²) in [6.45, 7) is 9.56. The molecule has 0 aliphatic carbocycles. The first-order chi connectivity index (χ1) is 8.58. The van der Waals surface area contributed by atoms with Crippen LogP contribution in [0, 0.1) is 13.8 Å². The monoisotopic (exact) mass is 244 g/mol. The Hall–Kier alpha value is -1.77.